The number of rotatable bonds is 0. The molecule has 0 aliphatic heterocycles. The molecule has 0 radical (unpaired) electrons. The second-order valence-corrected chi connectivity index (χ2v) is 3.44. The van der Waals surface area contributed by atoms with Crippen LogP contribution in [0.25, 0.3) is 21.8 Å². The molecule has 0 aliphatic carbocycles. The first-order valence-electron chi connectivity index (χ1n) is 4.73. The van der Waals surface area contributed by atoms with Crippen LogP contribution in [0.1, 0.15) is 0 Å². The molecule has 0 fully saturated rings. The van der Waals surface area contributed by atoms with Gasteiger partial charge < -0.3 is 24.8 Å². The van der Waals surface area contributed by atoms with E-state index < -0.39 is 0 Å². The molecule has 1 nitrogen and oxygen atoms in total. The van der Waals surface area contributed by atoms with Crippen LogP contribution in [-0.4, -0.2) is 0 Å². The summed E-state index contributed by atoms with van der Waals surface area (Å²) in [5.41, 5.74) is 2.37. The maximum atomic E-state index is 3.41. The minimum atomic E-state index is 0. The third-order valence-corrected chi connectivity index (χ3v) is 2.50. The van der Waals surface area contributed by atoms with Gasteiger partial charge in [0.2, 0.25) is 11.0 Å². The number of H-pyrrole nitrogens is 1. The van der Waals surface area contributed by atoms with Crippen LogP contribution in [0.2, 0.25) is 0 Å². The van der Waals surface area contributed by atoms with Gasteiger partial charge in [0, 0.05) is 49.1 Å². The van der Waals surface area contributed by atoms with Crippen molar-refractivity contribution in [1.82, 2.24) is 0 Å². The zero-order valence-electron chi connectivity index (χ0n) is 8.95. The van der Waals surface area contributed by atoms with Crippen LogP contribution in [0.4, 0.5) is 0 Å². The molecule has 3 rings (SSSR count). The molecule has 1 N–H and O–H groups in total. The number of aromatic amines is 1. The van der Waals surface area contributed by atoms with Gasteiger partial charge in [-0.2, -0.15) is 0 Å². The maximum Gasteiger partial charge on any atom is 0.211 e. The van der Waals surface area contributed by atoms with E-state index in [4.69, 9.17) is 0 Å². The average Bonchev–Trinajstić information content (AvgIpc) is 2.26. The summed E-state index contributed by atoms with van der Waals surface area (Å²) in [6.45, 7) is 0. The first-order chi connectivity index (χ1) is 6.93. The molecule has 1 aromatic heterocycles. The molecule has 0 spiro atoms. The Hall–Kier alpha value is -0.427. The van der Waals surface area contributed by atoms with Crippen molar-refractivity contribution in [1.29, 1.82) is 0 Å². The van der Waals surface area contributed by atoms with Crippen molar-refractivity contribution in [2.24, 2.45) is 0 Å². The SMILES string of the molecule is [Cl-].[Cl-].[Zr].c1ccc2[nH+]c3ccccc3cc2c1. The smallest absolute Gasteiger partial charge is 0.211 e. The van der Waals surface area contributed by atoms with Crippen LogP contribution >= 0.6 is 0 Å². The Bertz CT molecular complexity index is 508. The Morgan fingerprint density at radius 3 is 1.53 bits per heavy atom. The predicted octanol–water partition coefficient (Wildman–Crippen LogP) is -3.19. The fraction of sp³-hybridized carbons (Fsp3) is 0. The number of benzene rings is 2. The molecule has 0 unspecified atom stereocenters. The largest absolute Gasteiger partial charge is 1.00 e. The summed E-state index contributed by atoms with van der Waals surface area (Å²) < 4.78 is 0. The summed E-state index contributed by atoms with van der Waals surface area (Å²) in [5.74, 6) is 0. The number of halogens is 2. The predicted molar refractivity (Wildman–Crippen MR) is 58.0 cm³/mol. The number of para-hydroxylation sites is 2. The molecule has 4 heteroatoms. The Morgan fingerprint density at radius 1 is 0.647 bits per heavy atom. The quantitative estimate of drug-likeness (QED) is 0.383. The van der Waals surface area contributed by atoms with Gasteiger partial charge in [0.05, 0.1) is 0 Å². The molecular formula is C13H10Cl2NZr-. The van der Waals surface area contributed by atoms with E-state index in [-0.39, 0.29) is 51.0 Å². The van der Waals surface area contributed by atoms with Gasteiger partial charge in [0.1, 0.15) is 0 Å². The zero-order chi connectivity index (χ0) is 9.38. The van der Waals surface area contributed by atoms with Crippen molar-refractivity contribution in [3.8, 4) is 0 Å². The Kier molecular flexibility index (Phi) is 6.93. The van der Waals surface area contributed by atoms with Crippen molar-refractivity contribution in [2.45, 2.75) is 0 Å². The molecule has 0 bridgehead atoms. The van der Waals surface area contributed by atoms with Crippen molar-refractivity contribution in [3.63, 3.8) is 0 Å². The summed E-state index contributed by atoms with van der Waals surface area (Å²) in [7, 11) is 0. The average molecular weight is 342 g/mol. The fourth-order valence-corrected chi connectivity index (χ4v) is 1.79. The Morgan fingerprint density at radius 2 is 1.06 bits per heavy atom. The number of fused-ring (bicyclic) bond motifs is 2. The van der Waals surface area contributed by atoms with Crippen molar-refractivity contribution < 1.29 is 56.0 Å². The molecule has 0 atom stereocenters. The third kappa shape index (κ3) is 3.28. The first kappa shape index (κ1) is 16.6. The minimum Gasteiger partial charge on any atom is -1.00 e. The van der Waals surface area contributed by atoms with Gasteiger partial charge in [0.15, 0.2) is 0 Å². The summed E-state index contributed by atoms with van der Waals surface area (Å²) in [5, 5.41) is 2.51. The van der Waals surface area contributed by atoms with Crippen LogP contribution in [0.15, 0.2) is 54.6 Å². The van der Waals surface area contributed by atoms with E-state index in [2.05, 4.69) is 47.4 Å². The van der Waals surface area contributed by atoms with E-state index in [1.807, 2.05) is 12.1 Å². The topological polar surface area (TPSA) is 14.1 Å². The fourth-order valence-electron chi connectivity index (χ4n) is 1.79. The molecule has 86 valence electrons. The molecule has 0 saturated heterocycles. The van der Waals surface area contributed by atoms with Crippen molar-refractivity contribution in [3.05, 3.63) is 54.6 Å². The molecule has 0 saturated carbocycles. The number of nitrogens with one attached hydrogen (secondary N) is 1. The molecule has 1 heterocycles. The van der Waals surface area contributed by atoms with Crippen LogP contribution in [-0.2, 0) is 26.2 Å². The molecule has 0 aliphatic rings. The summed E-state index contributed by atoms with van der Waals surface area (Å²) >= 11 is 0. The van der Waals surface area contributed by atoms with Crippen molar-refractivity contribution >= 4 is 21.8 Å². The van der Waals surface area contributed by atoms with Crippen molar-refractivity contribution in [2.75, 3.05) is 0 Å². The van der Waals surface area contributed by atoms with Gasteiger partial charge in [0.25, 0.3) is 0 Å². The van der Waals surface area contributed by atoms with E-state index >= 15 is 0 Å². The second kappa shape index (κ2) is 7.11. The summed E-state index contributed by atoms with van der Waals surface area (Å²) in [6.07, 6.45) is 0. The monoisotopic (exact) mass is 340 g/mol. The molecule has 2 aromatic carbocycles. The number of hydrogen-bond donors (Lipinski definition) is 0. The van der Waals surface area contributed by atoms with E-state index in [9.17, 15) is 0 Å². The van der Waals surface area contributed by atoms with Gasteiger partial charge >= 0.3 is 0 Å². The summed E-state index contributed by atoms with van der Waals surface area (Å²) in [4.78, 5) is 3.41. The second-order valence-electron chi connectivity index (χ2n) is 3.44. The number of pyridine rings is 1. The van der Waals surface area contributed by atoms with Gasteiger partial charge in [-0.25, -0.2) is 4.98 Å². The first-order valence-corrected chi connectivity index (χ1v) is 4.73. The molecule has 17 heavy (non-hydrogen) atoms. The van der Waals surface area contributed by atoms with E-state index in [1.54, 1.807) is 0 Å². The van der Waals surface area contributed by atoms with E-state index in [1.165, 1.54) is 21.8 Å². The Labute approximate surface area is 132 Å². The zero-order valence-corrected chi connectivity index (χ0v) is 12.9. The van der Waals surface area contributed by atoms with Crippen LogP contribution in [0, 0.1) is 0 Å². The Balaban J connectivity index is 0.000000853. The number of hydrogen-bond acceptors (Lipinski definition) is 0. The normalized spacial score (nSPS) is 8.94. The van der Waals surface area contributed by atoms with Gasteiger partial charge in [-0.05, 0) is 18.2 Å². The molecule has 0 amide bonds. The number of aromatic nitrogens is 1. The van der Waals surface area contributed by atoms with E-state index in [0.29, 0.717) is 0 Å². The maximum absolute atomic E-state index is 3.41. The summed E-state index contributed by atoms with van der Waals surface area (Å²) in [6, 6.07) is 18.9. The standard InChI is InChI=1S/C13H9N.2ClH.Zr/c1-3-7-12-10(5-1)9-11-6-2-4-8-13(11)14-12;;;/h1-9H;2*1H;/p-1. The van der Waals surface area contributed by atoms with Gasteiger partial charge in [-0.15, -0.1) is 0 Å². The molecular weight excluding hydrogens is 332 g/mol. The minimum absolute atomic E-state index is 0. The van der Waals surface area contributed by atoms with Crippen LogP contribution < -0.4 is 29.8 Å². The van der Waals surface area contributed by atoms with Gasteiger partial charge in [-0.1, -0.05) is 24.3 Å². The molecule has 3 aromatic rings. The van der Waals surface area contributed by atoms with Gasteiger partial charge in [-0.3, -0.25) is 0 Å². The van der Waals surface area contributed by atoms with Crippen LogP contribution in [0.3, 0.4) is 0 Å². The van der Waals surface area contributed by atoms with Crippen LogP contribution in [0.5, 0.6) is 0 Å². The van der Waals surface area contributed by atoms with E-state index in [0.717, 1.165) is 0 Å². The third-order valence-electron chi connectivity index (χ3n) is 2.50.